The van der Waals surface area contributed by atoms with Gasteiger partial charge in [-0.1, -0.05) is 13.0 Å². The predicted molar refractivity (Wildman–Crippen MR) is 78.3 cm³/mol. The Balaban J connectivity index is 2.01. The lowest BCUT2D eigenvalue weighted by Crippen LogP contribution is -2.11. The Morgan fingerprint density at radius 2 is 1.95 bits per heavy atom. The third-order valence-electron chi connectivity index (χ3n) is 2.69. The third-order valence-corrected chi connectivity index (χ3v) is 2.69. The molecule has 1 amide bonds. The fourth-order valence-electron chi connectivity index (χ4n) is 1.70. The molecule has 0 bridgehead atoms. The topological polar surface area (TPSA) is 58.6 Å². The molecule has 2 N–H and O–H groups in total. The molecule has 0 fully saturated rings. The molecule has 2 aromatic carbocycles. The maximum atomic E-state index is 12.0. The maximum absolute atomic E-state index is 12.0. The normalized spacial score (nSPS) is 10.1. The summed E-state index contributed by atoms with van der Waals surface area (Å²) < 4.78 is 5.47. The average molecular weight is 271 g/mol. The zero-order valence-electron chi connectivity index (χ0n) is 11.3. The van der Waals surface area contributed by atoms with Gasteiger partial charge in [0.25, 0.3) is 5.91 Å². The van der Waals surface area contributed by atoms with Gasteiger partial charge in [-0.25, -0.2) is 0 Å². The van der Waals surface area contributed by atoms with Gasteiger partial charge in [0.2, 0.25) is 0 Å². The van der Waals surface area contributed by atoms with Crippen LogP contribution in [0.2, 0.25) is 0 Å². The Kier molecular flexibility index (Phi) is 4.60. The van der Waals surface area contributed by atoms with Gasteiger partial charge < -0.3 is 15.2 Å². The lowest BCUT2D eigenvalue weighted by Gasteiger charge is -2.08. The van der Waals surface area contributed by atoms with Crippen LogP contribution in [-0.2, 0) is 0 Å². The number of ether oxygens (including phenoxy) is 1. The van der Waals surface area contributed by atoms with Gasteiger partial charge in [0.05, 0.1) is 6.61 Å². The van der Waals surface area contributed by atoms with E-state index in [0.29, 0.717) is 17.9 Å². The zero-order chi connectivity index (χ0) is 14.4. The first-order valence-corrected chi connectivity index (χ1v) is 6.52. The lowest BCUT2D eigenvalue weighted by atomic mass is 10.2. The molecule has 2 rings (SSSR count). The van der Waals surface area contributed by atoms with Gasteiger partial charge in [0.1, 0.15) is 11.5 Å². The van der Waals surface area contributed by atoms with Crippen LogP contribution in [0.1, 0.15) is 23.7 Å². The van der Waals surface area contributed by atoms with Crippen LogP contribution in [-0.4, -0.2) is 17.6 Å². The summed E-state index contributed by atoms with van der Waals surface area (Å²) in [6.45, 7) is 2.72. The Bertz CT molecular complexity index is 579. The summed E-state index contributed by atoms with van der Waals surface area (Å²) in [5, 5.41) is 12.1. The maximum Gasteiger partial charge on any atom is 0.255 e. The van der Waals surface area contributed by atoms with Gasteiger partial charge in [-0.05, 0) is 48.9 Å². The number of aromatic hydroxyl groups is 1. The third kappa shape index (κ3) is 3.75. The highest BCUT2D eigenvalue weighted by Gasteiger charge is 2.06. The smallest absolute Gasteiger partial charge is 0.255 e. The van der Waals surface area contributed by atoms with E-state index in [1.807, 2.05) is 19.1 Å². The van der Waals surface area contributed by atoms with E-state index < -0.39 is 0 Å². The Morgan fingerprint density at radius 3 is 2.60 bits per heavy atom. The predicted octanol–water partition coefficient (Wildman–Crippen LogP) is 3.43. The van der Waals surface area contributed by atoms with Crippen LogP contribution in [0.3, 0.4) is 0 Å². The van der Waals surface area contributed by atoms with Crippen molar-refractivity contribution in [1.29, 1.82) is 0 Å². The Hall–Kier alpha value is -2.49. The molecule has 0 aliphatic heterocycles. The second-order valence-electron chi connectivity index (χ2n) is 4.38. The highest BCUT2D eigenvalue weighted by Crippen LogP contribution is 2.17. The average Bonchev–Trinajstić information content (AvgIpc) is 2.46. The quantitative estimate of drug-likeness (QED) is 0.875. The molecule has 4 nitrogen and oxygen atoms in total. The van der Waals surface area contributed by atoms with Gasteiger partial charge in [0.15, 0.2) is 0 Å². The monoisotopic (exact) mass is 271 g/mol. The number of rotatable bonds is 5. The summed E-state index contributed by atoms with van der Waals surface area (Å²) >= 11 is 0. The van der Waals surface area contributed by atoms with Crippen molar-refractivity contribution in [3.63, 3.8) is 0 Å². The molecule has 4 heteroatoms. The molecule has 104 valence electrons. The molecule has 0 saturated carbocycles. The van der Waals surface area contributed by atoms with Gasteiger partial charge >= 0.3 is 0 Å². The fraction of sp³-hybridized carbons (Fsp3) is 0.188. The Labute approximate surface area is 118 Å². The van der Waals surface area contributed by atoms with Crippen molar-refractivity contribution < 1.29 is 14.6 Å². The minimum Gasteiger partial charge on any atom is -0.508 e. The van der Waals surface area contributed by atoms with Crippen LogP contribution in [0.5, 0.6) is 11.5 Å². The Morgan fingerprint density at radius 1 is 1.20 bits per heavy atom. The van der Waals surface area contributed by atoms with Crippen LogP contribution >= 0.6 is 0 Å². The van der Waals surface area contributed by atoms with Gasteiger partial charge in [0, 0.05) is 11.3 Å². The number of carbonyl (C=O) groups is 1. The molecule has 0 unspecified atom stereocenters. The molecule has 0 atom stereocenters. The number of amides is 1. The van der Waals surface area contributed by atoms with Crippen molar-refractivity contribution in [3.05, 3.63) is 54.1 Å². The standard InChI is InChI=1S/C16H17NO3/c1-2-10-20-15-8-6-13(7-9-15)17-16(19)12-4-3-5-14(18)11-12/h3-9,11,18H,2,10H2,1H3,(H,17,19). The number of carbonyl (C=O) groups excluding carboxylic acids is 1. The number of anilines is 1. The van der Waals surface area contributed by atoms with E-state index in [4.69, 9.17) is 4.74 Å². The van der Waals surface area contributed by atoms with Crippen molar-refractivity contribution >= 4 is 11.6 Å². The first kappa shape index (κ1) is 13.9. The molecule has 0 saturated heterocycles. The molecular formula is C16H17NO3. The zero-order valence-corrected chi connectivity index (χ0v) is 11.3. The van der Waals surface area contributed by atoms with Crippen LogP contribution < -0.4 is 10.1 Å². The molecule has 0 aromatic heterocycles. The second-order valence-corrected chi connectivity index (χ2v) is 4.38. The molecule has 2 aromatic rings. The van der Waals surface area contributed by atoms with E-state index in [-0.39, 0.29) is 11.7 Å². The number of nitrogens with one attached hydrogen (secondary N) is 1. The number of phenolic OH excluding ortho intramolecular Hbond substituents is 1. The summed E-state index contributed by atoms with van der Waals surface area (Å²) in [7, 11) is 0. The minimum absolute atomic E-state index is 0.0703. The molecule has 0 spiro atoms. The van der Waals surface area contributed by atoms with E-state index in [9.17, 15) is 9.90 Å². The molecular weight excluding hydrogens is 254 g/mol. The van der Waals surface area contributed by atoms with Gasteiger partial charge in [-0.3, -0.25) is 4.79 Å². The van der Waals surface area contributed by atoms with Crippen LogP contribution in [0.15, 0.2) is 48.5 Å². The summed E-state index contributed by atoms with van der Waals surface area (Å²) in [4.78, 5) is 12.0. The van der Waals surface area contributed by atoms with E-state index in [1.54, 1.807) is 24.3 Å². The van der Waals surface area contributed by atoms with Crippen LogP contribution in [0.25, 0.3) is 0 Å². The molecule has 0 heterocycles. The van der Waals surface area contributed by atoms with Crippen molar-refractivity contribution in [2.75, 3.05) is 11.9 Å². The van der Waals surface area contributed by atoms with E-state index in [2.05, 4.69) is 5.32 Å². The highest BCUT2D eigenvalue weighted by molar-refractivity contribution is 6.04. The summed E-state index contributed by atoms with van der Waals surface area (Å²) in [6.07, 6.45) is 0.954. The van der Waals surface area contributed by atoms with E-state index >= 15 is 0 Å². The molecule has 0 aliphatic carbocycles. The summed E-state index contributed by atoms with van der Waals surface area (Å²) in [5.74, 6) is 0.589. The first-order valence-electron chi connectivity index (χ1n) is 6.52. The van der Waals surface area contributed by atoms with Gasteiger partial charge in [-0.2, -0.15) is 0 Å². The fourth-order valence-corrected chi connectivity index (χ4v) is 1.70. The van der Waals surface area contributed by atoms with Crippen molar-refractivity contribution in [2.24, 2.45) is 0 Å². The SMILES string of the molecule is CCCOc1ccc(NC(=O)c2cccc(O)c2)cc1. The van der Waals surface area contributed by atoms with Crippen LogP contribution in [0.4, 0.5) is 5.69 Å². The minimum atomic E-state index is -0.261. The number of phenols is 1. The van der Waals surface area contributed by atoms with Crippen LogP contribution in [0, 0.1) is 0 Å². The number of hydrogen-bond donors (Lipinski definition) is 2. The number of benzene rings is 2. The van der Waals surface area contributed by atoms with Crippen molar-refractivity contribution in [1.82, 2.24) is 0 Å². The van der Waals surface area contributed by atoms with E-state index in [1.165, 1.54) is 12.1 Å². The molecule has 20 heavy (non-hydrogen) atoms. The highest BCUT2D eigenvalue weighted by atomic mass is 16.5. The van der Waals surface area contributed by atoms with E-state index in [0.717, 1.165) is 12.2 Å². The largest absolute Gasteiger partial charge is 0.508 e. The van der Waals surface area contributed by atoms with Crippen molar-refractivity contribution in [3.8, 4) is 11.5 Å². The molecule has 0 aliphatic rings. The first-order chi connectivity index (χ1) is 9.69. The summed E-state index contributed by atoms with van der Waals surface area (Å²) in [6, 6.07) is 13.4. The second kappa shape index (κ2) is 6.61. The summed E-state index contributed by atoms with van der Waals surface area (Å²) in [5.41, 5.74) is 1.10. The number of hydrogen-bond acceptors (Lipinski definition) is 3. The van der Waals surface area contributed by atoms with Crippen molar-refractivity contribution in [2.45, 2.75) is 13.3 Å². The lowest BCUT2D eigenvalue weighted by molar-refractivity contribution is 0.102. The molecule has 0 radical (unpaired) electrons. The van der Waals surface area contributed by atoms with Gasteiger partial charge in [-0.15, -0.1) is 0 Å².